The molecule has 0 aliphatic heterocycles. The number of carbonyl (C=O) groups excluding carboxylic acids is 1. The minimum Gasteiger partial charge on any atom is -0.343 e. The molecule has 0 spiro atoms. The van der Waals surface area contributed by atoms with Crippen LogP contribution in [0.4, 0.5) is 4.39 Å². The number of amides is 1. The Kier molecular flexibility index (Phi) is 3.89. The highest BCUT2D eigenvalue weighted by molar-refractivity contribution is 5.80. The molecule has 3 nitrogen and oxygen atoms in total. The molecule has 1 saturated carbocycles. The number of hydrogen-bond acceptors (Lipinski definition) is 2. The molecular weight excluding hydrogens is 303 g/mol. The van der Waals surface area contributed by atoms with Crippen LogP contribution in [0.5, 0.6) is 0 Å². The van der Waals surface area contributed by atoms with Gasteiger partial charge in [-0.25, -0.2) is 4.39 Å². The number of allylic oxidation sites excluding steroid dienone is 2. The van der Waals surface area contributed by atoms with Crippen LogP contribution in [0.25, 0.3) is 0 Å². The summed E-state index contributed by atoms with van der Waals surface area (Å²) in [7, 11) is 0. The van der Waals surface area contributed by atoms with E-state index in [2.05, 4.69) is 22.5 Å². The fourth-order valence-electron chi connectivity index (χ4n) is 3.86. The fourth-order valence-corrected chi connectivity index (χ4v) is 3.86. The Morgan fingerprint density at radius 2 is 1.96 bits per heavy atom. The Hall–Kier alpha value is -2.49. The van der Waals surface area contributed by atoms with Gasteiger partial charge in [-0.15, -0.1) is 0 Å². The van der Waals surface area contributed by atoms with Gasteiger partial charge in [0.05, 0.1) is 11.7 Å². The molecule has 2 aromatic rings. The average molecular weight is 322 g/mol. The van der Waals surface area contributed by atoms with Gasteiger partial charge in [0.25, 0.3) is 0 Å². The summed E-state index contributed by atoms with van der Waals surface area (Å²) in [5.74, 6) is 0.707. The molecule has 24 heavy (non-hydrogen) atoms. The predicted octanol–water partition coefficient (Wildman–Crippen LogP) is 3.64. The van der Waals surface area contributed by atoms with Crippen LogP contribution in [0, 0.1) is 23.6 Å². The summed E-state index contributed by atoms with van der Waals surface area (Å²) in [5, 5.41) is 3.14. The van der Waals surface area contributed by atoms with Crippen LogP contribution in [0.2, 0.25) is 0 Å². The Morgan fingerprint density at radius 1 is 1.12 bits per heavy atom. The van der Waals surface area contributed by atoms with Crippen molar-refractivity contribution in [2.24, 2.45) is 17.8 Å². The Bertz CT molecular complexity index is 757. The minimum absolute atomic E-state index is 0.0339. The molecule has 2 aliphatic rings. The lowest BCUT2D eigenvalue weighted by atomic mass is 9.92. The molecule has 1 amide bonds. The van der Waals surface area contributed by atoms with Gasteiger partial charge in [0.15, 0.2) is 0 Å². The van der Waals surface area contributed by atoms with Gasteiger partial charge < -0.3 is 5.32 Å². The number of benzene rings is 1. The molecule has 1 aromatic carbocycles. The quantitative estimate of drug-likeness (QED) is 0.873. The van der Waals surface area contributed by atoms with Crippen LogP contribution in [0.3, 0.4) is 0 Å². The van der Waals surface area contributed by atoms with Gasteiger partial charge in [0.1, 0.15) is 5.82 Å². The van der Waals surface area contributed by atoms with E-state index in [1.165, 1.54) is 12.1 Å². The molecule has 122 valence electrons. The first-order valence-electron chi connectivity index (χ1n) is 8.36. The number of hydrogen-bond donors (Lipinski definition) is 1. The van der Waals surface area contributed by atoms with Crippen LogP contribution in [-0.2, 0) is 4.79 Å². The van der Waals surface area contributed by atoms with Crippen molar-refractivity contribution in [2.45, 2.75) is 18.9 Å². The number of nitrogens with one attached hydrogen (secondary N) is 1. The van der Waals surface area contributed by atoms with E-state index < -0.39 is 0 Å². The highest BCUT2D eigenvalue weighted by Crippen LogP contribution is 2.43. The normalized spacial score (nSPS) is 25.6. The fraction of sp³-hybridized carbons (Fsp3) is 0.300. The zero-order chi connectivity index (χ0) is 16.5. The first kappa shape index (κ1) is 15.1. The summed E-state index contributed by atoms with van der Waals surface area (Å²) in [6.45, 7) is 0. The van der Waals surface area contributed by atoms with Crippen molar-refractivity contribution in [3.8, 4) is 0 Å². The van der Waals surface area contributed by atoms with Crippen LogP contribution in [0.15, 0.2) is 60.8 Å². The summed E-state index contributed by atoms with van der Waals surface area (Å²) in [6.07, 6.45) is 8.11. The molecule has 1 N–H and O–H groups in total. The second-order valence-corrected chi connectivity index (χ2v) is 6.63. The van der Waals surface area contributed by atoms with Crippen LogP contribution in [-0.4, -0.2) is 10.9 Å². The number of fused-ring (bicyclic) bond motifs is 2. The van der Waals surface area contributed by atoms with Gasteiger partial charge in [-0.2, -0.15) is 0 Å². The first-order valence-corrected chi connectivity index (χ1v) is 8.36. The number of halogens is 1. The molecule has 0 unspecified atom stereocenters. The van der Waals surface area contributed by atoms with Gasteiger partial charge in [0.2, 0.25) is 5.91 Å². The number of rotatable bonds is 4. The van der Waals surface area contributed by atoms with Crippen molar-refractivity contribution < 1.29 is 9.18 Å². The highest BCUT2D eigenvalue weighted by atomic mass is 19.1. The van der Waals surface area contributed by atoms with Gasteiger partial charge in [-0.3, -0.25) is 9.78 Å². The third-order valence-electron chi connectivity index (χ3n) is 5.09. The van der Waals surface area contributed by atoms with Crippen molar-refractivity contribution in [2.75, 3.05) is 0 Å². The van der Waals surface area contributed by atoms with Crippen molar-refractivity contribution in [1.29, 1.82) is 0 Å². The number of nitrogens with zero attached hydrogens (tertiary/aromatic N) is 1. The molecule has 1 fully saturated rings. The number of aromatic nitrogens is 1. The standard InChI is InChI=1S/C20H19FN2O/c21-16-8-6-14(7-9-16)19(18-3-1-2-10-22-18)23-20(24)17-12-13-4-5-15(17)11-13/h1-10,13,15,17,19H,11-12H2,(H,23,24)/t13-,15-,17-,19+/m0/s1. The maximum atomic E-state index is 13.3. The largest absolute Gasteiger partial charge is 0.343 e. The summed E-state index contributed by atoms with van der Waals surface area (Å²) in [6, 6.07) is 11.5. The molecule has 4 heteroatoms. The maximum Gasteiger partial charge on any atom is 0.224 e. The molecule has 0 saturated heterocycles. The third kappa shape index (κ3) is 2.84. The Labute approximate surface area is 140 Å². The van der Waals surface area contributed by atoms with Crippen LogP contribution in [0.1, 0.15) is 30.1 Å². The number of carbonyl (C=O) groups is 1. The summed E-state index contributed by atoms with van der Waals surface area (Å²) in [4.78, 5) is 17.2. The zero-order valence-corrected chi connectivity index (χ0v) is 13.2. The van der Waals surface area contributed by atoms with E-state index >= 15 is 0 Å². The SMILES string of the molecule is O=C(N[C@H](c1ccc(F)cc1)c1ccccn1)[C@H]1C[C@H]2C=C[C@H]1C2. The molecule has 0 radical (unpaired) electrons. The lowest BCUT2D eigenvalue weighted by Crippen LogP contribution is -2.36. The van der Waals surface area contributed by atoms with E-state index in [0.29, 0.717) is 11.8 Å². The predicted molar refractivity (Wildman–Crippen MR) is 89.5 cm³/mol. The van der Waals surface area contributed by atoms with E-state index in [9.17, 15) is 9.18 Å². The molecule has 4 rings (SSSR count). The van der Waals surface area contributed by atoms with E-state index in [0.717, 1.165) is 24.1 Å². The second-order valence-electron chi connectivity index (χ2n) is 6.63. The molecule has 2 aliphatic carbocycles. The molecular formula is C20H19FN2O. The van der Waals surface area contributed by atoms with E-state index in [1.807, 2.05) is 18.2 Å². The second kappa shape index (κ2) is 6.19. The monoisotopic (exact) mass is 322 g/mol. The van der Waals surface area contributed by atoms with Crippen molar-refractivity contribution in [3.05, 3.63) is 77.9 Å². The molecule has 1 aromatic heterocycles. The summed E-state index contributed by atoms with van der Waals surface area (Å²) < 4.78 is 13.3. The maximum absolute atomic E-state index is 13.3. The first-order chi connectivity index (χ1) is 11.7. The smallest absolute Gasteiger partial charge is 0.224 e. The zero-order valence-electron chi connectivity index (χ0n) is 13.2. The summed E-state index contributed by atoms with van der Waals surface area (Å²) in [5.41, 5.74) is 1.60. The molecule has 2 bridgehead atoms. The van der Waals surface area contributed by atoms with E-state index in [-0.39, 0.29) is 23.7 Å². The Morgan fingerprint density at radius 3 is 2.58 bits per heavy atom. The number of pyridine rings is 1. The van der Waals surface area contributed by atoms with Crippen molar-refractivity contribution in [3.63, 3.8) is 0 Å². The highest BCUT2D eigenvalue weighted by Gasteiger charge is 2.40. The van der Waals surface area contributed by atoms with E-state index in [1.54, 1.807) is 18.3 Å². The summed E-state index contributed by atoms with van der Waals surface area (Å²) >= 11 is 0. The minimum atomic E-state index is -0.359. The Balaban J connectivity index is 1.60. The van der Waals surface area contributed by atoms with E-state index in [4.69, 9.17) is 0 Å². The average Bonchev–Trinajstić information content (AvgIpc) is 3.24. The molecule has 1 heterocycles. The third-order valence-corrected chi connectivity index (χ3v) is 5.09. The van der Waals surface area contributed by atoms with Gasteiger partial charge in [0, 0.05) is 12.1 Å². The lowest BCUT2D eigenvalue weighted by molar-refractivity contribution is -0.126. The van der Waals surface area contributed by atoms with Gasteiger partial charge >= 0.3 is 0 Å². The van der Waals surface area contributed by atoms with Gasteiger partial charge in [-0.05, 0) is 54.5 Å². The van der Waals surface area contributed by atoms with Gasteiger partial charge in [-0.1, -0.05) is 30.4 Å². The van der Waals surface area contributed by atoms with Crippen molar-refractivity contribution in [1.82, 2.24) is 10.3 Å². The van der Waals surface area contributed by atoms with Crippen LogP contribution >= 0.6 is 0 Å². The molecule has 4 atom stereocenters. The topological polar surface area (TPSA) is 42.0 Å². The van der Waals surface area contributed by atoms with Crippen LogP contribution < -0.4 is 5.32 Å². The van der Waals surface area contributed by atoms with Crippen molar-refractivity contribution >= 4 is 5.91 Å². The lowest BCUT2D eigenvalue weighted by Gasteiger charge is -2.23.